The third-order valence-corrected chi connectivity index (χ3v) is 2.06. The molecule has 0 aliphatic carbocycles. The highest BCUT2D eigenvalue weighted by Gasteiger charge is 2.07. The second-order valence-corrected chi connectivity index (χ2v) is 3.57. The molecule has 0 unspecified atom stereocenters. The quantitative estimate of drug-likeness (QED) is 0.798. The number of nitrogens with zero attached hydrogens (tertiary/aromatic N) is 2. The largest absolute Gasteiger partial charge is 0.356 e. The number of halogens is 1. The lowest BCUT2D eigenvalue weighted by atomic mass is 10.3. The Bertz CT molecular complexity index is 394. The van der Waals surface area contributed by atoms with E-state index in [1.807, 2.05) is 6.92 Å². The molecule has 0 aliphatic rings. The molecule has 0 atom stereocenters. The van der Waals surface area contributed by atoms with Gasteiger partial charge in [0, 0.05) is 19.5 Å². The van der Waals surface area contributed by atoms with Crippen molar-refractivity contribution in [3.63, 3.8) is 0 Å². The molecule has 1 heterocycles. The molecule has 0 aliphatic heterocycles. The lowest BCUT2D eigenvalue weighted by Gasteiger charge is -2.04. The predicted molar refractivity (Wildman–Crippen MR) is 62.7 cm³/mol. The third kappa shape index (κ3) is 4.78. The van der Waals surface area contributed by atoms with Crippen LogP contribution in [0.2, 0.25) is 5.15 Å². The summed E-state index contributed by atoms with van der Waals surface area (Å²) in [5.41, 5.74) is 0.172. The molecular weight excluding hydrogens is 244 g/mol. The summed E-state index contributed by atoms with van der Waals surface area (Å²) in [6.45, 7) is 2.67. The second kappa shape index (κ2) is 6.80. The van der Waals surface area contributed by atoms with E-state index in [4.69, 9.17) is 11.6 Å². The Balaban J connectivity index is 2.35. The van der Waals surface area contributed by atoms with Gasteiger partial charge in [-0.25, -0.2) is 9.97 Å². The van der Waals surface area contributed by atoms with Gasteiger partial charge in [0.05, 0.1) is 12.4 Å². The topological polar surface area (TPSA) is 84.0 Å². The van der Waals surface area contributed by atoms with E-state index in [0.29, 0.717) is 6.54 Å². The molecule has 1 aromatic rings. The van der Waals surface area contributed by atoms with Gasteiger partial charge < -0.3 is 10.6 Å². The van der Waals surface area contributed by atoms with E-state index >= 15 is 0 Å². The number of carbonyl (C=O) groups excluding carboxylic acids is 2. The zero-order valence-electron chi connectivity index (χ0n) is 9.36. The van der Waals surface area contributed by atoms with Crippen molar-refractivity contribution in [3.05, 3.63) is 23.2 Å². The molecule has 0 fully saturated rings. The maximum Gasteiger partial charge on any atom is 0.271 e. The predicted octanol–water partition coefficient (Wildman–Crippen LogP) is 0.386. The zero-order chi connectivity index (χ0) is 12.7. The molecule has 2 N–H and O–H groups in total. The van der Waals surface area contributed by atoms with Crippen LogP contribution in [0.25, 0.3) is 0 Å². The second-order valence-electron chi connectivity index (χ2n) is 3.18. The molecule has 6 nitrogen and oxygen atoms in total. The molecule has 1 rings (SSSR count). The van der Waals surface area contributed by atoms with Gasteiger partial charge in [0.15, 0.2) is 0 Å². The van der Waals surface area contributed by atoms with Crippen LogP contribution in [0.4, 0.5) is 0 Å². The third-order valence-electron chi connectivity index (χ3n) is 1.86. The summed E-state index contributed by atoms with van der Waals surface area (Å²) in [7, 11) is 0. The molecule has 0 saturated carbocycles. The van der Waals surface area contributed by atoms with E-state index in [1.165, 1.54) is 12.4 Å². The van der Waals surface area contributed by atoms with Gasteiger partial charge in [0.1, 0.15) is 10.8 Å². The van der Waals surface area contributed by atoms with E-state index in [1.54, 1.807) is 0 Å². The summed E-state index contributed by atoms with van der Waals surface area (Å²) < 4.78 is 0. The first-order valence-electron chi connectivity index (χ1n) is 5.16. The van der Waals surface area contributed by atoms with E-state index in [9.17, 15) is 9.59 Å². The van der Waals surface area contributed by atoms with Crippen LogP contribution in [-0.4, -0.2) is 34.9 Å². The van der Waals surface area contributed by atoms with Crippen LogP contribution >= 0.6 is 11.6 Å². The minimum absolute atomic E-state index is 0.102. The number of nitrogens with one attached hydrogen (secondary N) is 2. The molecule has 0 radical (unpaired) electrons. The Morgan fingerprint density at radius 1 is 1.29 bits per heavy atom. The molecular formula is C10H13ClN4O2. The van der Waals surface area contributed by atoms with Crippen molar-refractivity contribution in [2.24, 2.45) is 0 Å². The molecule has 17 heavy (non-hydrogen) atoms. The molecule has 0 spiro atoms. The Hall–Kier alpha value is -1.69. The van der Waals surface area contributed by atoms with Gasteiger partial charge in [-0.2, -0.15) is 0 Å². The highest BCUT2D eigenvalue weighted by Crippen LogP contribution is 2.00. The van der Waals surface area contributed by atoms with Gasteiger partial charge >= 0.3 is 0 Å². The summed E-state index contributed by atoms with van der Waals surface area (Å²) in [4.78, 5) is 30.1. The van der Waals surface area contributed by atoms with Crippen molar-refractivity contribution in [2.75, 3.05) is 13.1 Å². The lowest BCUT2D eigenvalue weighted by molar-refractivity contribution is -0.120. The van der Waals surface area contributed by atoms with Crippen molar-refractivity contribution in [2.45, 2.75) is 13.3 Å². The minimum atomic E-state index is -0.376. The van der Waals surface area contributed by atoms with Crippen molar-refractivity contribution in [1.82, 2.24) is 20.6 Å². The van der Waals surface area contributed by atoms with Gasteiger partial charge in [-0.15, -0.1) is 0 Å². The summed E-state index contributed by atoms with van der Waals surface area (Å²) in [6.07, 6.45) is 2.81. The fraction of sp³-hybridized carbons (Fsp3) is 0.400. The molecule has 0 aromatic carbocycles. The van der Waals surface area contributed by atoms with Crippen molar-refractivity contribution >= 4 is 23.4 Å². The number of amides is 2. The molecule has 0 bridgehead atoms. The lowest BCUT2D eigenvalue weighted by Crippen LogP contribution is -2.31. The standard InChI is InChI=1S/C10H13ClN4O2/c1-2-12-9(16)3-4-13-10(17)7-5-15-8(11)6-14-7/h5-6H,2-4H2,1H3,(H,12,16)(H,13,17). The maximum atomic E-state index is 11.5. The zero-order valence-corrected chi connectivity index (χ0v) is 10.1. The normalized spacial score (nSPS) is 9.76. The first kappa shape index (κ1) is 13.4. The summed E-state index contributed by atoms with van der Waals surface area (Å²) in [6, 6.07) is 0. The van der Waals surface area contributed by atoms with Crippen LogP contribution < -0.4 is 10.6 Å². The van der Waals surface area contributed by atoms with Crippen LogP contribution in [0.15, 0.2) is 12.4 Å². The van der Waals surface area contributed by atoms with Crippen molar-refractivity contribution in [1.29, 1.82) is 0 Å². The first-order valence-corrected chi connectivity index (χ1v) is 5.53. The number of hydrogen-bond acceptors (Lipinski definition) is 4. The highest BCUT2D eigenvalue weighted by atomic mass is 35.5. The maximum absolute atomic E-state index is 11.5. The van der Waals surface area contributed by atoms with E-state index in [2.05, 4.69) is 20.6 Å². The fourth-order valence-electron chi connectivity index (χ4n) is 1.10. The number of hydrogen-bond donors (Lipinski definition) is 2. The molecule has 1 aromatic heterocycles. The number of aromatic nitrogens is 2. The van der Waals surface area contributed by atoms with Crippen LogP contribution in [0.1, 0.15) is 23.8 Å². The summed E-state index contributed by atoms with van der Waals surface area (Å²) in [5.74, 6) is -0.478. The summed E-state index contributed by atoms with van der Waals surface area (Å²) in [5, 5.41) is 5.42. The van der Waals surface area contributed by atoms with Gasteiger partial charge in [-0.1, -0.05) is 11.6 Å². The molecule has 0 saturated heterocycles. The number of carbonyl (C=O) groups is 2. The van der Waals surface area contributed by atoms with Crippen molar-refractivity contribution in [3.8, 4) is 0 Å². The van der Waals surface area contributed by atoms with Crippen LogP contribution in [0.3, 0.4) is 0 Å². The monoisotopic (exact) mass is 256 g/mol. The summed E-state index contributed by atoms with van der Waals surface area (Å²) >= 11 is 5.54. The fourth-order valence-corrected chi connectivity index (χ4v) is 1.19. The smallest absolute Gasteiger partial charge is 0.271 e. The molecule has 92 valence electrons. The van der Waals surface area contributed by atoms with Gasteiger partial charge in [-0.05, 0) is 6.92 Å². The van der Waals surface area contributed by atoms with E-state index in [-0.39, 0.29) is 35.6 Å². The van der Waals surface area contributed by atoms with E-state index in [0.717, 1.165) is 0 Å². The van der Waals surface area contributed by atoms with Crippen LogP contribution in [0, 0.1) is 0 Å². The Morgan fingerprint density at radius 2 is 2.06 bits per heavy atom. The molecule has 2 amide bonds. The highest BCUT2D eigenvalue weighted by molar-refractivity contribution is 6.29. The van der Waals surface area contributed by atoms with E-state index < -0.39 is 0 Å². The Kier molecular flexibility index (Phi) is 5.35. The minimum Gasteiger partial charge on any atom is -0.356 e. The average molecular weight is 257 g/mol. The van der Waals surface area contributed by atoms with Crippen molar-refractivity contribution < 1.29 is 9.59 Å². The number of rotatable bonds is 5. The van der Waals surface area contributed by atoms with Gasteiger partial charge in [0.2, 0.25) is 5.91 Å². The van der Waals surface area contributed by atoms with Gasteiger partial charge in [0.25, 0.3) is 5.91 Å². The van der Waals surface area contributed by atoms with Crippen LogP contribution in [-0.2, 0) is 4.79 Å². The SMILES string of the molecule is CCNC(=O)CCNC(=O)c1cnc(Cl)cn1. The average Bonchev–Trinajstić information content (AvgIpc) is 2.30. The first-order chi connectivity index (χ1) is 8.13. The Morgan fingerprint density at radius 3 is 2.65 bits per heavy atom. The van der Waals surface area contributed by atoms with Crippen LogP contribution in [0.5, 0.6) is 0 Å². The molecule has 7 heteroatoms. The Labute approximate surface area is 104 Å². The van der Waals surface area contributed by atoms with Gasteiger partial charge in [-0.3, -0.25) is 9.59 Å².